The fraction of sp³-hybridized carbons (Fsp3) is 0.500. The van der Waals surface area contributed by atoms with Gasteiger partial charge in [-0.1, -0.05) is 13.8 Å². The van der Waals surface area contributed by atoms with E-state index < -0.39 is 0 Å². The van der Waals surface area contributed by atoms with Gasteiger partial charge in [0.05, 0.1) is 23.6 Å². The van der Waals surface area contributed by atoms with Gasteiger partial charge in [-0.2, -0.15) is 5.10 Å². The van der Waals surface area contributed by atoms with Crippen LogP contribution in [0, 0.1) is 6.92 Å². The minimum Gasteiger partial charge on any atom is -0.396 e. The quantitative estimate of drug-likeness (QED) is 0.906. The topological polar surface area (TPSA) is 56.7 Å². The van der Waals surface area contributed by atoms with E-state index in [4.69, 9.17) is 5.73 Å². The second kappa shape index (κ2) is 4.87. The van der Waals surface area contributed by atoms with Crippen molar-refractivity contribution in [3.8, 4) is 0 Å². The molecule has 0 bridgehead atoms. The number of thiazole rings is 1. The first kappa shape index (κ1) is 12.1. The van der Waals surface area contributed by atoms with Crippen LogP contribution in [0.4, 0.5) is 5.69 Å². The third kappa shape index (κ3) is 2.34. The summed E-state index contributed by atoms with van der Waals surface area (Å²) in [5.41, 5.74) is 10.1. The van der Waals surface area contributed by atoms with Gasteiger partial charge < -0.3 is 5.73 Å². The molecule has 2 aromatic rings. The maximum atomic E-state index is 6.08. The first-order chi connectivity index (χ1) is 8.15. The Kier molecular flexibility index (Phi) is 3.47. The molecule has 0 radical (unpaired) electrons. The third-order valence-corrected chi connectivity index (χ3v) is 3.75. The monoisotopic (exact) mass is 250 g/mol. The molecule has 92 valence electrons. The first-order valence-electron chi connectivity index (χ1n) is 5.90. The molecular formula is C12H18N4S. The molecule has 0 aromatic carbocycles. The van der Waals surface area contributed by atoms with Gasteiger partial charge in [-0.25, -0.2) is 4.98 Å². The van der Waals surface area contributed by atoms with Crippen LogP contribution in [0.3, 0.4) is 0 Å². The molecule has 0 spiro atoms. The van der Waals surface area contributed by atoms with Crippen molar-refractivity contribution in [1.29, 1.82) is 0 Å². The molecular weight excluding hydrogens is 232 g/mol. The van der Waals surface area contributed by atoms with Crippen molar-refractivity contribution in [2.24, 2.45) is 0 Å². The van der Waals surface area contributed by atoms with Gasteiger partial charge in [0.15, 0.2) is 0 Å². The summed E-state index contributed by atoms with van der Waals surface area (Å²) in [4.78, 5) is 4.46. The van der Waals surface area contributed by atoms with Gasteiger partial charge in [0.25, 0.3) is 0 Å². The first-order valence-corrected chi connectivity index (χ1v) is 6.78. The van der Waals surface area contributed by atoms with Crippen LogP contribution in [0.25, 0.3) is 0 Å². The molecule has 0 unspecified atom stereocenters. The van der Waals surface area contributed by atoms with Crippen molar-refractivity contribution >= 4 is 17.0 Å². The van der Waals surface area contributed by atoms with Crippen LogP contribution in [0.2, 0.25) is 0 Å². The second-order valence-corrected chi connectivity index (χ2v) is 5.00. The zero-order chi connectivity index (χ0) is 12.4. The minimum absolute atomic E-state index is 0.728. The van der Waals surface area contributed by atoms with Crippen molar-refractivity contribution in [2.45, 2.75) is 40.2 Å². The van der Waals surface area contributed by atoms with E-state index in [0.29, 0.717) is 0 Å². The highest BCUT2D eigenvalue weighted by Crippen LogP contribution is 2.20. The second-order valence-electron chi connectivity index (χ2n) is 4.05. The molecule has 5 heteroatoms. The Morgan fingerprint density at radius 1 is 1.35 bits per heavy atom. The molecule has 0 aliphatic rings. The molecule has 0 saturated heterocycles. The standard InChI is InChI=1S/C12H18N4S/c1-4-9-12(13)10(5-2)16(15-9)6-11-14-8(3)7-17-11/h7H,4-6,13H2,1-3H3. The summed E-state index contributed by atoms with van der Waals surface area (Å²) in [6.07, 6.45) is 1.78. The predicted octanol–water partition coefficient (Wildman–Crippen LogP) is 2.40. The summed E-state index contributed by atoms with van der Waals surface area (Å²) in [6.45, 7) is 6.92. The summed E-state index contributed by atoms with van der Waals surface area (Å²) in [5, 5.41) is 7.71. The molecule has 2 N–H and O–H groups in total. The Morgan fingerprint density at radius 3 is 2.65 bits per heavy atom. The van der Waals surface area contributed by atoms with Crippen LogP contribution in [0.5, 0.6) is 0 Å². The maximum Gasteiger partial charge on any atom is 0.114 e. The summed E-state index contributed by atoms with van der Waals surface area (Å²) >= 11 is 1.67. The van der Waals surface area contributed by atoms with E-state index >= 15 is 0 Å². The van der Waals surface area contributed by atoms with Crippen molar-refractivity contribution in [2.75, 3.05) is 5.73 Å². The van der Waals surface area contributed by atoms with E-state index in [1.807, 2.05) is 11.6 Å². The minimum atomic E-state index is 0.728. The van der Waals surface area contributed by atoms with E-state index in [1.165, 1.54) is 0 Å². The highest BCUT2D eigenvalue weighted by molar-refractivity contribution is 7.09. The largest absolute Gasteiger partial charge is 0.396 e. The number of nitrogen functional groups attached to an aromatic ring is 1. The average Bonchev–Trinajstić information content (AvgIpc) is 2.83. The summed E-state index contributed by atoms with van der Waals surface area (Å²) in [6, 6.07) is 0. The van der Waals surface area contributed by atoms with Crippen molar-refractivity contribution in [3.05, 3.63) is 27.5 Å². The Hall–Kier alpha value is -1.36. The molecule has 4 nitrogen and oxygen atoms in total. The number of rotatable bonds is 4. The van der Waals surface area contributed by atoms with Crippen LogP contribution in [0.15, 0.2) is 5.38 Å². The molecule has 2 rings (SSSR count). The number of hydrogen-bond donors (Lipinski definition) is 1. The molecule has 17 heavy (non-hydrogen) atoms. The van der Waals surface area contributed by atoms with Crippen molar-refractivity contribution in [3.63, 3.8) is 0 Å². The molecule has 0 atom stereocenters. The Bertz CT molecular complexity index is 513. The fourth-order valence-corrected chi connectivity index (χ4v) is 2.69. The van der Waals surface area contributed by atoms with Crippen LogP contribution in [-0.4, -0.2) is 14.8 Å². The Labute approximate surface area is 105 Å². The fourth-order valence-electron chi connectivity index (χ4n) is 1.93. The van der Waals surface area contributed by atoms with Crippen LogP contribution < -0.4 is 5.73 Å². The van der Waals surface area contributed by atoms with E-state index in [2.05, 4.69) is 29.3 Å². The van der Waals surface area contributed by atoms with Gasteiger partial charge in [-0.3, -0.25) is 4.68 Å². The average molecular weight is 250 g/mol. The van der Waals surface area contributed by atoms with Gasteiger partial charge in [0.1, 0.15) is 5.01 Å². The lowest BCUT2D eigenvalue weighted by Gasteiger charge is -2.03. The maximum absolute atomic E-state index is 6.08. The van der Waals surface area contributed by atoms with Crippen molar-refractivity contribution in [1.82, 2.24) is 14.8 Å². The molecule has 2 heterocycles. The Morgan fingerprint density at radius 2 is 2.12 bits per heavy atom. The van der Waals surface area contributed by atoms with Crippen molar-refractivity contribution < 1.29 is 0 Å². The van der Waals surface area contributed by atoms with E-state index in [1.54, 1.807) is 11.3 Å². The lowest BCUT2D eigenvalue weighted by Crippen LogP contribution is -2.06. The number of nitrogens with zero attached hydrogens (tertiary/aromatic N) is 3. The van der Waals surface area contributed by atoms with Gasteiger partial charge >= 0.3 is 0 Å². The number of hydrogen-bond acceptors (Lipinski definition) is 4. The molecule has 0 saturated carbocycles. The SMILES string of the molecule is CCc1nn(Cc2nc(C)cs2)c(CC)c1N. The van der Waals surface area contributed by atoms with E-state index in [0.717, 1.165) is 47.2 Å². The lowest BCUT2D eigenvalue weighted by molar-refractivity contribution is 0.637. The zero-order valence-corrected chi connectivity index (χ0v) is 11.3. The highest BCUT2D eigenvalue weighted by Gasteiger charge is 2.13. The highest BCUT2D eigenvalue weighted by atomic mass is 32.1. The Balaban J connectivity index is 2.32. The summed E-state index contributed by atoms with van der Waals surface area (Å²) in [5.74, 6) is 0. The van der Waals surface area contributed by atoms with Gasteiger partial charge in [-0.15, -0.1) is 11.3 Å². The lowest BCUT2D eigenvalue weighted by atomic mass is 10.2. The molecule has 2 aromatic heterocycles. The van der Waals surface area contributed by atoms with Gasteiger partial charge in [0, 0.05) is 11.1 Å². The van der Waals surface area contributed by atoms with E-state index in [-0.39, 0.29) is 0 Å². The molecule has 0 amide bonds. The third-order valence-electron chi connectivity index (χ3n) is 2.80. The van der Waals surface area contributed by atoms with Gasteiger partial charge in [0.2, 0.25) is 0 Å². The summed E-state index contributed by atoms with van der Waals surface area (Å²) in [7, 11) is 0. The zero-order valence-electron chi connectivity index (χ0n) is 10.5. The molecule has 0 fully saturated rings. The number of aryl methyl sites for hydroxylation is 2. The smallest absolute Gasteiger partial charge is 0.114 e. The predicted molar refractivity (Wildman–Crippen MR) is 71.3 cm³/mol. The van der Waals surface area contributed by atoms with Crippen LogP contribution in [-0.2, 0) is 19.4 Å². The number of nitrogens with two attached hydrogens (primary N) is 1. The van der Waals surface area contributed by atoms with E-state index in [9.17, 15) is 0 Å². The normalized spacial score (nSPS) is 11.0. The number of aromatic nitrogens is 3. The van der Waals surface area contributed by atoms with Crippen LogP contribution in [0.1, 0.15) is 35.9 Å². The molecule has 0 aliphatic heterocycles. The van der Waals surface area contributed by atoms with Gasteiger partial charge in [-0.05, 0) is 19.8 Å². The number of anilines is 1. The van der Waals surface area contributed by atoms with Crippen LogP contribution >= 0.6 is 11.3 Å². The summed E-state index contributed by atoms with van der Waals surface area (Å²) < 4.78 is 1.99. The molecule has 0 aliphatic carbocycles.